The first-order valence-corrected chi connectivity index (χ1v) is 6.68. The highest BCUT2D eigenvalue weighted by atomic mass is 79.9. The second-order valence-electron chi connectivity index (χ2n) is 4.42. The summed E-state index contributed by atoms with van der Waals surface area (Å²) in [6.45, 7) is 8.83. The summed E-state index contributed by atoms with van der Waals surface area (Å²) in [5, 5.41) is 0. The Morgan fingerprint density at radius 2 is 1.94 bits per heavy atom. The molecule has 1 unspecified atom stereocenters. The van der Waals surface area contributed by atoms with Gasteiger partial charge in [0.05, 0.1) is 10.2 Å². The molecule has 1 heterocycles. The second kappa shape index (κ2) is 6.31. The average Bonchev–Trinajstić information content (AvgIpc) is 2.24. The van der Waals surface area contributed by atoms with Gasteiger partial charge in [-0.1, -0.05) is 13.8 Å². The molecule has 4 nitrogen and oxygen atoms in total. The van der Waals surface area contributed by atoms with Crippen LogP contribution in [0.3, 0.4) is 0 Å². The predicted molar refractivity (Wildman–Crippen MR) is 72.7 cm³/mol. The summed E-state index contributed by atoms with van der Waals surface area (Å²) in [4.78, 5) is 8.78. The number of nitrogens with zero attached hydrogens (tertiary/aromatic N) is 2. The third kappa shape index (κ3) is 3.92. The van der Waals surface area contributed by atoms with E-state index in [0.717, 1.165) is 16.6 Å². The van der Waals surface area contributed by atoms with Gasteiger partial charge in [-0.15, -0.1) is 0 Å². The Bertz CT molecular complexity index is 382. The molecule has 0 fully saturated rings. The van der Waals surface area contributed by atoms with Crippen molar-refractivity contribution in [3.05, 3.63) is 16.0 Å². The van der Waals surface area contributed by atoms with E-state index in [-0.39, 0.29) is 6.10 Å². The molecule has 0 aromatic carbocycles. The quantitative estimate of drug-likeness (QED) is 0.908. The SMILES string of the molecule is CCOC(C)c1nc(N)c(Br)c(CC(C)C)n1. The Hall–Kier alpha value is -0.680. The number of hydrogen-bond acceptors (Lipinski definition) is 4. The first-order chi connectivity index (χ1) is 7.95. The van der Waals surface area contributed by atoms with Gasteiger partial charge in [-0.05, 0) is 42.1 Å². The van der Waals surface area contributed by atoms with E-state index in [1.165, 1.54) is 0 Å². The van der Waals surface area contributed by atoms with E-state index in [0.29, 0.717) is 24.2 Å². The molecule has 0 aliphatic carbocycles. The van der Waals surface area contributed by atoms with Gasteiger partial charge in [0.2, 0.25) is 0 Å². The van der Waals surface area contributed by atoms with Gasteiger partial charge in [0.15, 0.2) is 5.82 Å². The first kappa shape index (κ1) is 14.4. The highest BCUT2D eigenvalue weighted by molar-refractivity contribution is 9.10. The molecule has 5 heteroatoms. The molecule has 1 rings (SSSR count). The van der Waals surface area contributed by atoms with Gasteiger partial charge >= 0.3 is 0 Å². The van der Waals surface area contributed by atoms with E-state index in [2.05, 4.69) is 39.7 Å². The molecule has 0 aliphatic heterocycles. The predicted octanol–water partition coefficient (Wildman–Crippen LogP) is 3.12. The van der Waals surface area contributed by atoms with Crippen LogP contribution in [0.1, 0.15) is 45.3 Å². The molecule has 2 N–H and O–H groups in total. The molecular formula is C12H20BrN3O. The van der Waals surface area contributed by atoms with E-state index in [1.54, 1.807) is 0 Å². The van der Waals surface area contributed by atoms with Crippen molar-refractivity contribution in [2.24, 2.45) is 5.92 Å². The zero-order chi connectivity index (χ0) is 13.0. The number of anilines is 1. The molecule has 0 amide bonds. The van der Waals surface area contributed by atoms with Gasteiger partial charge in [0.25, 0.3) is 0 Å². The summed E-state index contributed by atoms with van der Waals surface area (Å²) in [5.41, 5.74) is 6.83. The number of hydrogen-bond donors (Lipinski definition) is 1. The number of ether oxygens (including phenoxy) is 1. The number of nitrogens with two attached hydrogens (primary N) is 1. The summed E-state index contributed by atoms with van der Waals surface area (Å²) in [7, 11) is 0. The molecule has 17 heavy (non-hydrogen) atoms. The fourth-order valence-corrected chi connectivity index (χ4v) is 1.90. The summed E-state index contributed by atoms with van der Waals surface area (Å²) >= 11 is 3.44. The molecule has 0 saturated heterocycles. The largest absolute Gasteiger partial charge is 0.383 e. The van der Waals surface area contributed by atoms with Gasteiger partial charge < -0.3 is 10.5 Å². The Kier molecular flexibility index (Phi) is 5.33. The summed E-state index contributed by atoms with van der Waals surface area (Å²) in [6, 6.07) is 0. The fourth-order valence-electron chi connectivity index (χ4n) is 1.56. The summed E-state index contributed by atoms with van der Waals surface area (Å²) < 4.78 is 6.29. The highest BCUT2D eigenvalue weighted by Gasteiger charge is 2.15. The molecular weight excluding hydrogens is 282 g/mol. The van der Waals surface area contributed by atoms with Crippen LogP contribution in [0, 0.1) is 5.92 Å². The van der Waals surface area contributed by atoms with Crippen LogP contribution < -0.4 is 5.73 Å². The minimum absolute atomic E-state index is 0.124. The van der Waals surface area contributed by atoms with Gasteiger partial charge in [-0.25, -0.2) is 9.97 Å². The minimum Gasteiger partial charge on any atom is -0.383 e. The van der Waals surface area contributed by atoms with E-state index in [9.17, 15) is 0 Å². The van der Waals surface area contributed by atoms with Crippen LogP contribution in [-0.4, -0.2) is 16.6 Å². The third-order valence-corrected chi connectivity index (χ3v) is 3.21. The molecule has 0 bridgehead atoms. The van der Waals surface area contributed by atoms with Gasteiger partial charge in [0, 0.05) is 6.61 Å². The number of rotatable bonds is 5. The monoisotopic (exact) mass is 301 g/mol. The zero-order valence-corrected chi connectivity index (χ0v) is 12.4. The van der Waals surface area contributed by atoms with Crippen molar-refractivity contribution in [1.82, 2.24) is 9.97 Å². The molecule has 1 atom stereocenters. The molecule has 0 radical (unpaired) electrons. The van der Waals surface area contributed by atoms with Crippen molar-refractivity contribution in [2.75, 3.05) is 12.3 Å². The van der Waals surface area contributed by atoms with Crippen molar-refractivity contribution in [2.45, 2.75) is 40.2 Å². The molecule has 1 aromatic rings. The van der Waals surface area contributed by atoms with Gasteiger partial charge in [0.1, 0.15) is 11.9 Å². The fraction of sp³-hybridized carbons (Fsp3) is 0.667. The second-order valence-corrected chi connectivity index (χ2v) is 5.22. The van der Waals surface area contributed by atoms with Crippen molar-refractivity contribution in [3.63, 3.8) is 0 Å². The lowest BCUT2D eigenvalue weighted by Crippen LogP contribution is -2.11. The van der Waals surface area contributed by atoms with E-state index in [1.807, 2.05) is 13.8 Å². The van der Waals surface area contributed by atoms with E-state index < -0.39 is 0 Å². The lowest BCUT2D eigenvalue weighted by Gasteiger charge is -2.14. The summed E-state index contributed by atoms with van der Waals surface area (Å²) in [5.74, 6) is 1.66. The minimum atomic E-state index is -0.124. The first-order valence-electron chi connectivity index (χ1n) is 5.89. The van der Waals surface area contributed by atoms with Crippen LogP contribution in [0.15, 0.2) is 4.47 Å². The van der Waals surface area contributed by atoms with Gasteiger partial charge in [-0.2, -0.15) is 0 Å². The standard InChI is InChI=1S/C12H20BrN3O/c1-5-17-8(4)12-15-9(6-7(2)3)10(13)11(14)16-12/h7-8H,5-6H2,1-4H3,(H2,14,15,16). The van der Waals surface area contributed by atoms with Crippen molar-refractivity contribution < 1.29 is 4.74 Å². The maximum atomic E-state index is 5.88. The van der Waals surface area contributed by atoms with Crippen LogP contribution in [-0.2, 0) is 11.2 Å². The number of aromatic nitrogens is 2. The van der Waals surface area contributed by atoms with Crippen LogP contribution in [0.5, 0.6) is 0 Å². The molecule has 0 aliphatic rings. The van der Waals surface area contributed by atoms with Crippen molar-refractivity contribution in [1.29, 1.82) is 0 Å². The lowest BCUT2D eigenvalue weighted by atomic mass is 10.1. The van der Waals surface area contributed by atoms with Gasteiger partial charge in [-0.3, -0.25) is 0 Å². The smallest absolute Gasteiger partial charge is 0.159 e. The molecule has 0 saturated carbocycles. The van der Waals surface area contributed by atoms with Crippen LogP contribution in [0.25, 0.3) is 0 Å². The summed E-state index contributed by atoms with van der Waals surface area (Å²) in [6.07, 6.45) is 0.750. The Morgan fingerprint density at radius 3 is 2.47 bits per heavy atom. The zero-order valence-electron chi connectivity index (χ0n) is 10.8. The Morgan fingerprint density at radius 1 is 1.29 bits per heavy atom. The molecule has 1 aromatic heterocycles. The van der Waals surface area contributed by atoms with E-state index in [4.69, 9.17) is 10.5 Å². The van der Waals surface area contributed by atoms with Crippen LogP contribution >= 0.6 is 15.9 Å². The molecule has 0 spiro atoms. The maximum Gasteiger partial charge on any atom is 0.159 e. The maximum absolute atomic E-state index is 5.88. The number of nitrogen functional groups attached to an aromatic ring is 1. The molecule has 96 valence electrons. The van der Waals surface area contributed by atoms with Crippen molar-refractivity contribution >= 4 is 21.7 Å². The Labute approximate surface area is 111 Å². The lowest BCUT2D eigenvalue weighted by molar-refractivity contribution is 0.0699. The van der Waals surface area contributed by atoms with Crippen LogP contribution in [0.2, 0.25) is 0 Å². The topological polar surface area (TPSA) is 61.0 Å². The third-order valence-electron chi connectivity index (χ3n) is 2.34. The Balaban J connectivity index is 3.05. The van der Waals surface area contributed by atoms with Crippen molar-refractivity contribution in [3.8, 4) is 0 Å². The average molecular weight is 302 g/mol. The highest BCUT2D eigenvalue weighted by Crippen LogP contribution is 2.25. The normalized spacial score (nSPS) is 13.1. The van der Waals surface area contributed by atoms with Crippen LogP contribution in [0.4, 0.5) is 5.82 Å². The van der Waals surface area contributed by atoms with E-state index >= 15 is 0 Å². The number of halogens is 1.